The standard InChI is InChI=1S/C14H17N3O4/c1-17(2)11-7-12(20-3)8(5-13(11)21-4)9-6-10(14(18)19)16-15-9/h5-7H,1-4H3,(H,15,16)(H,18,19). The van der Waals surface area contributed by atoms with Crippen LogP contribution < -0.4 is 14.4 Å². The molecule has 0 spiro atoms. The maximum atomic E-state index is 10.9. The first kappa shape index (κ1) is 14.7. The second-order valence-electron chi connectivity index (χ2n) is 4.59. The second kappa shape index (κ2) is 5.74. The number of carboxylic acid groups (broad SMARTS) is 1. The van der Waals surface area contributed by atoms with Crippen LogP contribution >= 0.6 is 0 Å². The molecular weight excluding hydrogens is 274 g/mol. The maximum absolute atomic E-state index is 10.9. The number of aromatic carboxylic acids is 1. The van der Waals surface area contributed by atoms with E-state index in [-0.39, 0.29) is 5.69 Å². The number of rotatable bonds is 5. The number of hydrogen-bond donors (Lipinski definition) is 2. The molecule has 0 amide bonds. The topological polar surface area (TPSA) is 87.7 Å². The Bertz CT molecular complexity index is 664. The number of ether oxygens (including phenoxy) is 2. The molecule has 0 unspecified atom stereocenters. The van der Waals surface area contributed by atoms with E-state index in [9.17, 15) is 4.79 Å². The minimum atomic E-state index is -1.07. The fourth-order valence-electron chi connectivity index (χ4n) is 2.00. The van der Waals surface area contributed by atoms with Gasteiger partial charge in [-0.3, -0.25) is 5.10 Å². The summed E-state index contributed by atoms with van der Waals surface area (Å²) in [6, 6.07) is 5.05. The summed E-state index contributed by atoms with van der Waals surface area (Å²) in [5.41, 5.74) is 2.01. The van der Waals surface area contributed by atoms with Gasteiger partial charge in [-0.25, -0.2) is 4.79 Å². The highest BCUT2D eigenvalue weighted by atomic mass is 16.5. The SMILES string of the molecule is COc1cc(N(C)C)c(OC)cc1-c1cc(C(=O)O)[nH]n1. The predicted octanol–water partition coefficient (Wildman–Crippen LogP) is 1.86. The monoisotopic (exact) mass is 291 g/mol. The van der Waals surface area contributed by atoms with Gasteiger partial charge in [0.15, 0.2) is 0 Å². The molecule has 7 heteroatoms. The molecule has 0 bridgehead atoms. The molecule has 1 aromatic carbocycles. The van der Waals surface area contributed by atoms with E-state index in [0.29, 0.717) is 22.8 Å². The molecule has 0 saturated carbocycles. The van der Waals surface area contributed by atoms with Crippen molar-refractivity contribution in [1.82, 2.24) is 10.2 Å². The van der Waals surface area contributed by atoms with Gasteiger partial charge >= 0.3 is 5.97 Å². The van der Waals surface area contributed by atoms with Gasteiger partial charge in [-0.1, -0.05) is 0 Å². The minimum absolute atomic E-state index is 0.0164. The van der Waals surface area contributed by atoms with Crippen LogP contribution in [0.5, 0.6) is 11.5 Å². The Labute approximate surface area is 122 Å². The quantitative estimate of drug-likeness (QED) is 0.874. The summed E-state index contributed by atoms with van der Waals surface area (Å²) in [6.45, 7) is 0. The van der Waals surface area contributed by atoms with Gasteiger partial charge in [-0.05, 0) is 12.1 Å². The Morgan fingerprint density at radius 1 is 1.19 bits per heavy atom. The molecule has 1 aromatic heterocycles. The number of nitrogens with zero attached hydrogens (tertiary/aromatic N) is 2. The van der Waals surface area contributed by atoms with E-state index in [2.05, 4.69) is 10.2 Å². The average Bonchev–Trinajstić information content (AvgIpc) is 2.95. The third kappa shape index (κ3) is 2.76. The fourth-order valence-corrected chi connectivity index (χ4v) is 2.00. The highest BCUT2D eigenvalue weighted by Gasteiger charge is 2.17. The predicted molar refractivity (Wildman–Crippen MR) is 78.4 cm³/mol. The number of benzene rings is 1. The van der Waals surface area contributed by atoms with Crippen molar-refractivity contribution in [2.45, 2.75) is 0 Å². The second-order valence-corrected chi connectivity index (χ2v) is 4.59. The highest BCUT2D eigenvalue weighted by molar-refractivity contribution is 5.87. The molecule has 2 rings (SSSR count). The van der Waals surface area contributed by atoms with E-state index in [1.807, 2.05) is 25.1 Å². The molecule has 1 heterocycles. The van der Waals surface area contributed by atoms with Gasteiger partial charge in [0.25, 0.3) is 0 Å². The molecule has 0 fully saturated rings. The Balaban J connectivity index is 2.58. The molecule has 21 heavy (non-hydrogen) atoms. The Kier molecular flexibility index (Phi) is 4.02. The first-order valence-corrected chi connectivity index (χ1v) is 6.20. The van der Waals surface area contributed by atoms with Gasteiger partial charge in [0.05, 0.1) is 25.6 Å². The number of H-pyrrole nitrogens is 1. The minimum Gasteiger partial charge on any atom is -0.496 e. The summed E-state index contributed by atoms with van der Waals surface area (Å²) >= 11 is 0. The molecule has 0 saturated heterocycles. The van der Waals surface area contributed by atoms with E-state index in [0.717, 1.165) is 5.69 Å². The van der Waals surface area contributed by atoms with Crippen molar-refractivity contribution in [3.05, 3.63) is 23.9 Å². The number of methoxy groups -OCH3 is 2. The van der Waals surface area contributed by atoms with Gasteiger partial charge in [-0.2, -0.15) is 5.10 Å². The zero-order valence-corrected chi connectivity index (χ0v) is 12.3. The van der Waals surface area contributed by atoms with Crippen molar-refractivity contribution >= 4 is 11.7 Å². The summed E-state index contributed by atoms with van der Waals surface area (Å²) in [4.78, 5) is 12.8. The van der Waals surface area contributed by atoms with Crippen LogP contribution in [0.25, 0.3) is 11.3 Å². The molecule has 0 aliphatic heterocycles. The molecule has 2 N–H and O–H groups in total. The van der Waals surface area contributed by atoms with Gasteiger partial charge in [0.1, 0.15) is 17.2 Å². The maximum Gasteiger partial charge on any atom is 0.353 e. The van der Waals surface area contributed by atoms with E-state index in [4.69, 9.17) is 14.6 Å². The van der Waals surface area contributed by atoms with E-state index in [1.165, 1.54) is 6.07 Å². The molecule has 0 aliphatic rings. The highest BCUT2D eigenvalue weighted by Crippen LogP contribution is 2.39. The van der Waals surface area contributed by atoms with Crippen LogP contribution in [-0.4, -0.2) is 49.6 Å². The summed E-state index contributed by atoms with van der Waals surface area (Å²) in [6.07, 6.45) is 0. The van der Waals surface area contributed by atoms with Crippen molar-refractivity contribution < 1.29 is 19.4 Å². The average molecular weight is 291 g/mol. The van der Waals surface area contributed by atoms with Crippen LogP contribution in [0.1, 0.15) is 10.5 Å². The molecular formula is C14H17N3O4. The van der Waals surface area contributed by atoms with E-state index < -0.39 is 5.97 Å². The molecule has 2 aromatic rings. The third-order valence-corrected chi connectivity index (χ3v) is 3.07. The molecule has 7 nitrogen and oxygen atoms in total. The number of hydrogen-bond acceptors (Lipinski definition) is 5. The van der Waals surface area contributed by atoms with E-state index >= 15 is 0 Å². The van der Waals surface area contributed by atoms with Crippen molar-refractivity contribution in [3.63, 3.8) is 0 Å². The Morgan fingerprint density at radius 3 is 2.33 bits per heavy atom. The van der Waals surface area contributed by atoms with Crippen LogP contribution in [-0.2, 0) is 0 Å². The van der Waals surface area contributed by atoms with Crippen molar-refractivity contribution in [3.8, 4) is 22.8 Å². The van der Waals surface area contributed by atoms with Gasteiger partial charge in [0, 0.05) is 25.7 Å². The Morgan fingerprint density at radius 2 is 1.86 bits per heavy atom. The zero-order valence-electron chi connectivity index (χ0n) is 12.3. The van der Waals surface area contributed by atoms with Crippen LogP contribution in [0.3, 0.4) is 0 Å². The molecule has 112 valence electrons. The summed E-state index contributed by atoms with van der Waals surface area (Å²) < 4.78 is 10.7. The number of carboxylic acids is 1. The number of aromatic amines is 1. The van der Waals surface area contributed by atoms with Gasteiger partial charge in [-0.15, -0.1) is 0 Å². The summed E-state index contributed by atoms with van der Waals surface area (Å²) in [5, 5.41) is 15.4. The van der Waals surface area contributed by atoms with Crippen molar-refractivity contribution in [2.24, 2.45) is 0 Å². The number of carbonyl (C=O) groups is 1. The zero-order chi connectivity index (χ0) is 15.6. The van der Waals surface area contributed by atoms with E-state index in [1.54, 1.807) is 20.3 Å². The number of aromatic nitrogens is 2. The fraction of sp³-hybridized carbons (Fsp3) is 0.286. The van der Waals surface area contributed by atoms with Crippen LogP contribution in [0.2, 0.25) is 0 Å². The summed E-state index contributed by atoms with van der Waals surface area (Å²) in [5.74, 6) is 0.170. The van der Waals surface area contributed by atoms with Gasteiger partial charge < -0.3 is 19.5 Å². The lowest BCUT2D eigenvalue weighted by molar-refractivity contribution is 0.0690. The lowest BCUT2D eigenvalue weighted by atomic mass is 10.1. The number of anilines is 1. The lowest BCUT2D eigenvalue weighted by Gasteiger charge is -2.19. The molecule has 0 aliphatic carbocycles. The normalized spacial score (nSPS) is 10.3. The molecule has 0 atom stereocenters. The molecule has 0 radical (unpaired) electrons. The Hall–Kier alpha value is -2.70. The largest absolute Gasteiger partial charge is 0.496 e. The lowest BCUT2D eigenvalue weighted by Crippen LogP contribution is -2.10. The van der Waals surface area contributed by atoms with Crippen molar-refractivity contribution in [2.75, 3.05) is 33.2 Å². The van der Waals surface area contributed by atoms with Crippen molar-refractivity contribution in [1.29, 1.82) is 0 Å². The summed E-state index contributed by atoms with van der Waals surface area (Å²) in [7, 11) is 6.92. The first-order chi connectivity index (χ1) is 9.97. The van der Waals surface area contributed by atoms with Gasteiger partial charge in [0.2, 0.25) is 0 Å². The van der Waals surface area contributed by atoms with Crippen LogP contribution in [0.15, 0.2) is 18.2 Å². The number of nitrogens with one attached hydrogen (secondary N) is 1. The first-order valence-electron chi connectivity index (χ1n) is 6.20. The van der Waals surface area contributed by atoms with Crippen LogP contribution in [0.4, 0.5) is 5.69 Å². The van der Waals surface area contributed by atoms with Crippen LogP contribution in [0, 0.1) is 0 Å². The smallest absolute Gasteiger partial charge is 0.353 e. The third-order valence-electron chi connectivity index (χ3n) is 3.07.